The Morgan fingerprint density at radius 3 is 0.772 bits per heavy atom. The number of hydrogen-bond donors (Lipinski definition) is 0. The number of carbonyl (C=O) groups is 3. The van der Waals surface area contributed by atoms with Gasteiger partial charge in [0.1, 0.15) is 13.2 Å². The Kier molecular flexibility index (Phi) is 62.8. The van der Waals surface area contributed by atoms with Gasteiger partial charge >= 0.3 is 17.9 Å². The molecule has 0 aliphatic carbocycles. The van der Waals surface area contributed by atoms with Crippen LogP contribution in [0.1, 0.15) is 303 Å². The molecule has 0 aliphatic rings. The third kappa shape index (κ3) is 64.5. The van der Waals surface area contributed by atoms with E-state index < -0.39 is 6.10 Å². The molecule has 0 bridgehead atoms. The minimum Gasteiger partial charge on any atom is -0.462 e. The fraction of sp³-hybridized carbons (Fsp3) is 0.685. The van der Waals surface area contributed by atoms with E-state index in [9.17, 15) is 14.4 Å². The minimum absolute atomic E-state index is 0.0835. The van der Waals surface area contributed by atoms with Crippen LogP contribution in [0.2, 0.25) is 0 Å². The maximum absolute atomic E-state index is 12.9. The average Bonchev–Trinajstić information content (AvgIpc) is 3.45. The first-order valence-electron chi connectivity index (χ1n) is 33.0. The predicted octanol–water partition coefficient (Wildman–Crippen LogP) is 22.8. The van der Waals surface area contributed by atoms with E-state index in [1.807, 2.05) is 0 Å². The van der Waals surface area contributed by atoms with E-state index in [2.05, 4.69) is 142 Å². The molecule has 450 valence electrons. The molecule has 0 aliphatic heterocycles. The van der Waals surface area contributed by atoms with Crippen molar-refractivity contribution in [3.8, 4) is 0 Å². The zero-order valence-corrected chi connectivity index (χ0v) is 51.6. The standard InChI is InChI=1S/C73H122O6/c1-4-7-10-13-16-19-21-23-25-27-29-31-33-35-36-38-39-41-43-45-47-49-51-54-57-60-63-66-72(75)78-69-70(68-77-71(74)65-62-59-56-53-18-15-12-9-6-3)79-73(76)67-64-61-58-55-52-50-48-46-44-42-40-37-34-32-30-28-26-24-22-20-17-14-11-8-5-2/h7-8,10-11,16-17,19-20,23-26,29-32,37,40,44,46,70H,4-6,9,12-15,18,21-22,27-28,33-36,38-39,41-43,45,47-69H2,1-3H3/b10-7-,11-8-,19-16-,20-17-,25-23-,26-24-,31-29-,32-30-,40-37-,46-44-. The summed E-state index contributed by atoms with van der Waals surface area (Å²) >= 11 is 0. The highest BCUT2D eigenvalue weighted by Crippen LogP contribution is 2.16. The van der Waals surface area contributed by atoms with Crippen LogP contribution in [0.4, 0.5) is 0 Å². The Hall–Kier alpha value is -4.19. The third-order valence-corrected chi connectivity index (χ3v) is 14.0. The molecule has 79 heavy (non-hydrogen) atoms. The molecule has 0 spiro atoms. The monoisotopic (exact) mass is 1090 g/mol. The molecule has 0 amide bonds. The summed E-state index contributed by atoms with van der Waals surface area (Å²) in [6.07, 6.45) is 92.2. The van der Waals surface area contributed by atoms with Gasteiger partial charge in [0.2, 0.25) is 0 Å². The van der Waals surface area contributed by atoms with Crippen LogP contribution < -0.4 is 0 Å². The Bertz CT molecular complexity index is 1640. The molecular weight excluding hydrogens is 973 g/mol. The van der Waals surface area contributed by atoms with Crippen LogP contribution in [0, 0.1) is 0 Å². The highest BCUT2D eigenvalue weighted by molar-refractivity contribution is 5.71. The first kappa shape index (κ1) is 74.8. The lowest BCUT2D eigenvalue weighted by Gasteiger charge is -2.18. The largest absolute Gasteiger partial charge is 0.462 e. The fourth-order valence-electron chi connectivity index (χ4n) is 9.09. The second-order valence-electron chi connectivity index (χ2n) is 21.6. The number of hydrogen-bond acceptors (Lipinski definition) is 6. The third-order valence-electron chi connectivity index (χ3n) is 14.0. The Morgan fingerprint density at radius 2 is 0.494 bits per heavy atom. The predicted molar refractivity (Wildman–Crippen MR) is 343 cm³/mol. The van der Waals surface area contributed by atoms with Gasteiger partial charge in [0.25, 0.3) is 0 Å². The quantitative estimate of drug-likeness (QED) is 0.0261. The van der Waals surface area contributed by atoms with Gasteiger partial charge in [-0.2, -0.15) is 0 Å². The van der Waals surface area contributed by atoms with E-state index in [1.165, 1.54) is 128 Å². The van der Waals surface area contributed by atoms with Gasteiger partial charge in [0, 0.05) is 19.3 Å². The average molecular weight is 1100 g/mol. The topological polar surface area (TPSA) is 78.9 Å². The molecule has 0 aromatic heterocycles. The number of carbonyl (C=O) groups excluding carboxylic acids is 3. The maximum atomic E-state index is 12.9. The van der Waals surface area contributed by atoms with Crippen molar-refractivity contribution in [2.75, 3.05) is 13.2 Å². The molecule has 0 aromatic rings. The van der Waals surface area contributed by atoms with Crippen LogP contribution in [-0.4, -0.2) is 37.2 Å². The summed E-state index contributed by atoms with van der Waals surface area (Å²) in [7, 11) is 0. The molecule has 0 radical (unpaired) electrons. The lowest BCUT2D eigenvalue weighted by atomic mass is 10.0. The van der Waals surface area contributed by atoms with Gasteiger partial charge in [-0.15, -0.1) is 0 Å². The summed E-state index contributed by atoms with van der Waals surface area (Å²) in [6, 6.07) is 0. The lowest BCUT2D eigenvalue weighted by Crippen LogP contribution is -2.30. The Balaban J connectivity index is 4.24. The minimum atomic E-state index is -0.787. The van der Waals surface area contributed by atoms with Crippen LogP contribution in [0.15, 0.2) is 122 Å². The van der Waals surface area contributed by atoms with Crippen LogP contribution in [0.25, 0.3) is 0 Å². The van der Waals surface area contributed by atoms with Gasteiger partial charge in [0.05, 0.1) is 0 Å². The number of ether oxygens (including phenoxy) is 3. The van der Waals surface area contributed by atoms with Crippen LogP contribution in [-0.2, 0) is 28.6 Å². The van der Waals surface area contributed by atoms with Crippen molar-refractivity contribution < 1.29 is 28.6 Å². The van der Waals surface area contributed by atoms with Gasteiger partial charge in [-0.1, -0.05) is 296 Å². The highest BCUT2D eigenvalue weighted by Gasteiger charge is 2.19. The molecule has 0 fully saturated rings. The van der Waals surface area contributed by atoms with Gasteiger partial charge in [-0.3, -0.25) is 14.4 Å². The van der Waals surface area contributed by atoms with E-state index >= 15 is 0 Å². The van der Waals surface area contributed by atoms with Crippen LogP contribution in [0.5, 0.6) is 0 Å². The maximum Gasteiger partial charge on any atom is 0.306 e. The van der Waals surface area contributed by atoms with Crippen molar-refractivity contribution in [2.45, 2.75) is 309 Å². The summed E-state index contributed by atoms with van der Waals surface area (Å²) < 4.78 is 16.9. The van der Waals surface area contributed by atoms with E-state index in [0.29, 0.717) is 19.3 Å². The number of unbranched alkanes of at least 4 members (excludes halogenated alkanes) is 28. The van der Waals surface area contributed by atoms with Crippen molar-refractivity contribution in [2.24, 2.45) is 0 Å². The SMILES string of the molecule is CC/C=C\C/C=C\C/C=C\C/C=C\C/C=C\C/C=C\CCCCCCCCC(=O)OC(COC(=O)CCCCCCCCCCC)COC(=O)CCCCCCCCCCCCCCCC/C=C\C/C=C\C/C=C\C/C=C\CC. The van der Waals surface area contributed by atoms with Gasteiger partial charge < -0.3 is 14.2 Å². The summed E-state index contributed by atoms with van der Waals surface area (Å²) in [5.74, 6) is -0.895. The molecule has 0 saturated heterocycles. The van der Waals surface area contributed by atoms with Crippen molar-refractivity contribution in [3.63, 3.8) is 0 Å². The normalized spacial score (nSPS) is 12.9. The Morgan fingerprint density at radius 1 is 0.266 bits per heavy atom. The molecule has 0 aromatic carbocycles. The van der Waals surface area contributed by atoms with Gasteiger partial charge in [-0.05, 0) is 109 Å². The summed E-state index contributed by atoms with van der Waals surface area (Å²) in [5.41, 5.74) is 0. The van der Waals surface area contributed by atoms with Crippen molar-refractivity contribution in [3.05, 3.63) is 122 Å². The number of rotatable bonds is 59. The van der Waals surface area contributed by atoms with Gasteiger partial charge in [-0.25, -0.2) is 0 Å². The molecule has 1 unspecified atom stereocenters. The summed E-state index contributed by atoms with van der Waals surface area (Å²) in [6.45, 7) is 6.40. The van der Waals surface area contributed by atoms with Crippen molar-refractivity contribution in [1.82, 2.24) is 0 Å². The molecule has 0 rings (SSSR count). The molecule has 0 heterocycles. The molecule has 6 nitrogen and oxygen atoms in total. The molecule has 0 saturated carbocycles. The smallest absolute Gasteiger partial charge is 0.306 e. The van der Waals surface area contributed by atoms with Crippen molar-refractivity contribution in [1.29, 1.82) is 0 Å². The summed E-state index contributed by atoms with van der Waals surface area (Å²) in [4.78, 5) is 38.2. The van der Waals surface area contributed by atoms with E-state index in [-0.39, 0.29) is 31.1 Å². The Labute approximate surface area is 488 Å². The second kappa shape index (κ2) is 66.3. The van der Waals surface area contributed by atoms with Crippen LogP contribution in [0.3, 0.4) is 0 Å². The zero-order chi connectivity index (χ0) is 57.1. The van der Waals surface area contributed by atoms with E-state index in [4.69, 9.17) is 14.2 Å². The molecular formula is C73H122O6. The summed E-state index contributed by atoms with van der Waals surface area (Å²) in [5, 5.41) is 0. The van der Waals surface area contributed by atoms with Crippen molar-refractivity contribution >= 4 is 17.9 Å². The molecule has 0 N–H and O–H groups in total. The van der Waals surface area contributed by atoms with E-state index in [0.717, 1.165) is 135 Å². The van der Waals surface area contributed by atoms with E-state index in [1.54, 1.807) is 0 Å². The fourth-order valence-corrected chi connectivity index (χ4v) is 9.09. The number of esters is 3. The first-order chi connectivity index (χ1) is 39.0. The second-order valence-corrected chi connectivity index (χ2v) is 21.6. The first-order valence-corrected chi connectivity index (χ1v) is 33.0. The van der Waals surface area contributed by atoms with Gasteiger partial charge in [0.15, 0.2) is 6.10 Å². The zero-order valence-electron chi connectivity index (χ0n) is 51.6. The number of allylic oxidation sites excluding steroid dienone is 20. The lowest BCUT2D eigenvalue weighted by molar-refractivity contribution is -0.167. The molecule has 6 heteroatoms. The highest BCUT2D eigenvalue weighted by atomic mass is 16.6. The molecule has 1 atom stereocenters. The van der Waals surface area contributed by atoms with Crippen LogP contribution >= 0.6 is 0 Å².